The van der Waals surface area contributed by atoms with Crippen molar-refractivity contribution >= 4 is 28.3 Å². The Morgan fingerprint density at radius 2 is 2.05 bits per heavy atom. The van der Waals surface area contributed by atoms with Gasteiger partial charge in [-0.1, -0.05) is 56.1 Å². The molecule has 1 unspecified atom stereocenters. The van der Waals surface area contributed by atoms with E-state index >= 15 is 0 Å². The summed E-state index contributed by atoms with van der Waals surface area (Å²) in [6, 6.07) is 7.44. The first-order chi connectivity index (χ1) is 9.63. The molecule has 1 heterocycles. The number of carbonyl (C=O) groups is 1. The van der Waals surface area contributed by atoms with E-state index in [1.165, 1.54) is 6.20 Å². The van der Waals surface area contributed by atoms with Gasteiger partial charge < -0.3 is 4.74 Å². The third kappa shape index (κ3) is 3.28. The molecule has 0 saturated carbocycles. The highest BCUT2D eigenvalue weighted by atomic mass is 35.5. The average Bonchev–Trinajstić information content (AvgIpc) is 2.46. The molecule has 0 radical (unpaired) electrons. The fourth-order valence-corrected chi connectivity index (χ4v) is 2.41. The predicted octanol–water partition coefficient (Wildman–Crippen LogP) is 4.48. The third-order valence-corrected chi connectivity index (χ3v) is 3.55. The first kappa shape index (κ1) is 14.8. The normalized spacial score (nSPS) is 12.3. The lowest BCUT2D eigenvalue weighted by Gasteiger charge is -2.12. The van der Waals surface area contributed by atoms with Crippen LogP contribution in [0.3, 0.4) is 0 Å². The molecule has 3 nitrogen and oxygen atoms in total. The highest BCUT2D eigenvalue weighted by Crippen LogP contribution is 2.24. The molecule has 0 saturated heterocycles. The number of pyridine rings is 1. The number of ether oxygens (including phenoxy) is 1. The summed E-state index contributed by atoms with van der Waals surface area (Å²) in [5.74, 6) is 0.0313. The SMILES string of the molecule is CCCC(C)COC(=O)c1cnc(Cl)c2ccccc12. The van der Waals surface area contributed by atoms with Crippen molar-refractivity contribution in [2.75, 3.05) is 6.61 Å². The molecule has 2 rings (SSSR count). The Kier molecular flexibility index (Phi) is 4.96. The topological polar surface area (TPSA) is 39.2 Å². The van der Waals surface area contributed by atoms with Gasteiger partial charge in [0.05, 0.1) is 12.2 Å². The van der Waals surface area contributed by atoms with Crippen LogP contribution in [-0.2, 0) is 4.74 Å². The van der Waals surface area contributed by atoms with Crippen LogP contribution in [0.25, 0.3) is 10.8 Å². The fraction of sp³-hybridized carbons (Fsp3) is 0.375. The van der Waals surface area contributed by atoms with Gasteiger partial charge in [-0.2, -0.15) is 0 Å². The lowest BCUT2D eigenvalue weighted by molar-refractivity contribution is 0.0445. The maximum atomic E-state index is 12.2. The quantitative estimate of drug-likeness (QED) is 0.602. The number of halogens is 1. The standard InChI is InChI=1S/C16H18ClNO2/c1-3-6-11(2)10-20-16(19)14-9-18-15(17)13-8-5-4-7-12(13)14/h4-5,7-9,11H,3,6,10H2,1-2H3. The van der Waals surface area contributed by atoms with Crippen molar-refractivity contribution in [1.29, 1.82) is 0 Å². The van der Waals surface area contributed by atoms with Crippen LogP contribution in [0.15, 0.2) is 30.5 Å². The molecule has 0 fully saturated rings. The Bertz CT molecular complexity index is 612. The number of aromatic nitrogens is 1. The molecule has 1 atom stereocenters. The van der Waals surface area contributed by atoms with Gasteiger partial charge in [0.15, 0.2) is 0 Å². The first-order valence-electron chi connectivity index (χ1n) is 6.83. The van der Waals surface area contributed by atoms with E-state index < -0.39 is 0 Å². The van der Waals surface area contributed by atoms with Crippen LogP contribution in [0.4, 0.5) is 0 Å². The first-order valence-corrected chi connectivity index (χ1v) is 7.21. The molecule has 4 heteroatoms. The molecular weight excluding hydrogens is 274 g/mol. The summed E-state index contributed by atoms with van der Waals surface area (Å²) < 4.78 is 5.37. The lowest BCUT2D eigenvalue weighted by Crippen LogP contribution is -2.12. The van der Waals surface area contributed by atoms with E-state index in [0.29, 0.717) is 23.2 Å². The van der Waals surface area contributed by atoms with Gasteiger partial charge >= 0.3 is 5.97 Å². The molecule has 1 aromatic heterocycles. The van der Waals surface area contributed by atoms with Crippen LogP contribution < -0.4 is 0 Å². The van der Waals surface area contributed by atoms with Gasteiger partial charge in [-0.05, 0) is 12.3 Å². The summed E-state index contributed by atoms with van der Waals surface area (Å²) in [7, 11) is 0. The maximum absolute atomic E-state index is 12.2. The van der Waals surface area contributed by atoms with Crippen molar-refractivity contribution in [3.8, 4) is 0 Å². The second-order valence-corrected chi connectivity index (χ2v) is 5.36. The molecular formula is C16H18ClNO2. The van der Waals surface area contributed by atoms with Gasteiger partial charge in [0.2, 0.25) is 0 Å². The Morgan fingerprint density at radius 3 is 2.75 bits per heavy atom. The monoisotopic (exact) mass is 291 g/mol. The molecule has 1 aromatic carbocycles. The average molecular weight is 292 g/mol. The zero-order chi connectivity index (χ0) is 14.5. The summed E-state index contributed by atoms with van der Waals surface area (Å²) in [4.78, 5) is 16.2. The van der Waals surface area contributed by atoms with Crippen LogP contribution in [0.1, 0.15) is 37.0 Å². The Hall–Kier alpha value is -1.61. The van der Waals surface area contributed by atoms with E-state index in [1.54, 1.807) is 0 Å². The van der Waals surface area contributed by atoms with Gasteiger partial charge in [0.1, 0.15) is 5.15 Å². The number of rotatable bonds is 5. The van der Waals surface area contributed by atoms with Crippen LogP contribution in [0, 0.1) is 5.92 Å². The molecule has 0 amide bonds. The van der Waals surface area contributed by atoms with E-state index in [9.17, 15) is 4.79 Å². The van der Waals surface area contributed by atoms with Crippen LogP contribution >= 0.6 is 11.6 Å². The number of hydrogen-bond donors (Lipinski definition) is 0. The largest absolute Gasteiger partial charge is 0.462 e. The molecule has 0 N–H and O–H groups in total. The number of benzene rings is 1. The number of hydrogen-bond acceptors (Lipinski definition) is 3. The summed E-state index contributed by atoms with van der Waals surface area (Å²) in [6.07, 6.45) is 3.62. The molecule has 0 bridgehead atoms. The minimum Gasteiger partial charge on any atom is -0.462 e. The Morgan fingerprint density at radius 1 is 1.35 bits per heavy atom. The Labute approximate surface area is 123 Å². The molecule has 0 aliphatic rings. The second-order valence-electron chi connectivity index (χ2n) is 5.00. The molecule has 0 spiro atoms. The van der Waals surface area contributed by atoms with Crippen LogP contribution in [0.5, 0.6) is 0 Å². The van der Waals surface area contributed by atoms with Crippen molar-refractivity contribution in [2.24, 2.45) is 5.92 Å². The number of fused-ring (bicyclic) bond motifs is 1. The van der Waals surface area contributed by atoms with Gasteiger partial charge in [0.25, 0.3) is 0 Å². The predicted molar refractivity (Wildman–Crippen MR) is 81.1 cm³/mol. The van der Waals surface area contributed by atoms with Crippen LogP contribution in [0.2, 0.25) is 5.15 Å². The van der Waals surface area contributed by atoms with E-state index in [2.05, 4.69) is 18.8 Å². The van der Waals surface area contributed by atoms with Crippen molar-refractivity contribution < 1.29 is 9.53 Å². The van der Waals surface area contributed by atoms with Gasteiger partial charge in [-0.3, -0.25) is 0 Å². The molecule has 106 valence electrons. The highest BCUT2D eigenvalue weighted by molar-refractivity contribution is 6.34. The van der Waals surface area contributed by atoms with E-state index in [0.717, 1.165) is 23.6 Å². The fourth-order valence-electron chi connectivity index (χ4n) is 2.19. The second kappa shape index (κ2) is 6.71. The minimum atomic E-state index is -0.340. The molecule has 0 aliphatic carbocycles. The summed E-state index contributed by atoms with van der Waals surface area (Å²) >= 11 is 6.04. The number of nitrogens with zero attached hydrogens (tertiary/aromatic N) is 1. The molecule has 0 aliphatic heterocycles. The van der Waals surface area contributed by atoms with Crippen molar-refractivity contribution in [1.82, 2.24) is 4.98 Å². The zero-order valence-electron chi connectivity index (χ0n) is 11.7. The lowest BCUT2D eigenvalue weighted by atomic mass is 10.1. The highest BCUT2D eigenvalue weighted by Gasteiger charge is 2.15. The number of esters is 1. The van der Waals surface area contributed by atoms with Crippen molar-refractivity contribution in [3.63, 3.8) is 0 Å². The van der Waals surface area contributed by atoms with Crippen LogP contribution in [-0.4, -0.2) is 17.6 Å². The van der Waals surface area contributed by atoms with Crippen molar-refractivity contribution in [3.05, 3.63) is 41.2 Å². The van der Waals surface area contributed by atoms with Gasteiger partial charge in [0, 0.05) is 17.0 Å². The van der Waals surface area contributed by atoms with E-state index in [4.69, 9.17) is 16.3 Å². The molecule has 2 aromatic rings. The number of carbonyl (C=O) groups excluding carboxylic acids is 1. The van der Waals surface area contributed by atoms with Gasteiger partial charge in [-0.15, -0.1) is 0 Å². The van der Waals surface area contributed by atoms with Crippen molar-refractivity contribution in [2.45, 2.75) is 26.7 Å². The van der Waals surface area contributed by atoms with E-state index in [1.807, 2.05) is 24.3 Å². The zero-order valence-corrected chi connectivity index (χ0v) is 12.5. The minimum absolute atomic E-state index is 0.340. The maximum Gasteiger partial charge on any atom is 0.340 e. The summed E-state index contributed by atoms with van der Waals surface area (Å²) in [5.41, 5.74) is 0.466. The summed E-state index contributed by atoms with van der Waals surface area (Å²) in [6.45, 7) is 4.63. The molecule has 20 heavy (non-hydrogen) atoms. The Balaban J connectivity index is 2.20. The summed E-state index contributed by atoms with van der Waals surface area (Å²) in [5, 5.41) is 1.95. The smallest absolute Gasteiger partial charge is 0.340 e. The third-order valence-electron chi connectivity index (χ3n) is 3.25. The van der Waals surface area contributed by atoms with Gasteiger partial charge in [-0.25, -0.2) is 9.78 Å². The van der Waals surface area contributed by atoms with E-state index in [-0.39, 0.29) is 5.97 Å².